The van der Waals surface area contributed by atoms with Gasteiger partial charge in [-0.15, -0.1) is 34.8 Å². The SMILES string of the molecule is C=CCn1nnnc1SCC1=C(C(=O)O)N2C(=O)C(NC(=O)/C(=N\OCCCN)c3csc(N)n3)[C@H]2SC1. The zero-order valence-electron chi connectivity index (χ0n) is 19.8. The van der Waals surface area contributed by atoms with Crippen LogP contribution in [0.4, 0.5) is 5.13 Å². The number of anilines is 1. The van der Waals surface area contributed by atoms with Crippen LogP contribution in [0, 0.1) is 0 Å². The van der Waals surface area contributed by atoms with Crippen molar-refractivity contribution in [2.75, 3.05) is 30.4 Å². The molecule has 1 unspecified atom stereocenters. The van der Waals surface area contributed by atoms with Crippen molar-refractivity contribution in [3.63, 3.8) is 0 Å². The first-order chi connectivity index (χ1) is 18.3. The standard InChI is InChI=1S/C20H24N10O5S3/c1-2-5-29-20(25-27-28-29)38-8-10-7-36-17-13(16(32)30(17)14(10)18(33)34)24-15(31)12(26-35-6-3-4-21)11-9-37-19(22)23-11/h2,9,13,17H,1,3-8,21H2,(H2,22,23)(H,24,31)(H,33,34)/b26-12-/t13?,17-/m1/s1. The van der Waals surface area contributed by atoms with Gasteiger partial charge in [-0.1, -0.05) is 23.0 Å². The molecule has 202 valence electrons. The van der Waals surface area contributed by atoms with Gasteiger partial charge in [-0.05, 0) is 29.0 Å². The Hall–Kier alpha value is -3.48. The number of hydrogen-bond donors (Lipinski definition) is 4. The number of aromatic nitrogens is 5. The minimum Gasteiger partial charge on any atom is -0.477 e. The topological polar surface area (TPSA) is 217 Å². The molecule has 6 N–H and O–H groups in total. The minimum absolute atomic E-state index is 0.106. The van der Waals surface area contributed by atoms with Gasteiger partial charge in [0.15, 0.2) is 10.8 Å². The van der Waals surface area contributed by atoms with Gasteiger partial charge in [0.1, 0.15) is 29.4 Å². The molecule has 0 bridgehead atoms. The van der Waals surface area contributed by atoms with Crippen molar-refractivity contribution in [3.05, 3.63) is 35.0 Å². The number of thiazole rings is 1. The van der Waals surface area contributed by atoms with Crippen LogP contribution in [0.3, 0.4) is 0 Å². The Balaban J connectivity index is 1.47. The molecule has 2 atom stereocenters. The van der Waals surface area contributed by atoms with Gasteiger partial charge in [-0.2, -0.15) is 0 Å². The molecule has 15 nitrogen and oxygen atoms in total. The lowest BCUT2D eigenvalue weighted by molar-refractivity contribution is -0.150. The molecule has 0 aromatic carbocycles. The molecule has 1 saturated heterocycles. The predicted octanol–water partition coefficient (Wildman–Crippen LogP) is -0.502. The highest BCUT2D eigenvalue weighted by Gasteiger charge is 2.54. The van der Waals surface area contributed by atoms with E-state index in [9.17, 15) is 19.5 Å². The van der Waals surface area contributed by atoms with Crippen LogP contribution in [-0.4, -0.2) is 94.8 Å². The number of carbonyl (C=O) groups is 3. The normalized spacial score (nSPS) is 19.1. The molecule has 38 heavy (non-hydrogen) atoms. The van der Waals surface area contributed by atoms with Gasteiger partial charge in [0.25, 0.3) is 11.8 Å². The number of fused-ring (bicyclic) bond motifs is 1. The van der Waals surface area contributed by atoms with Crippen molar-refractivity contribution >= 4 is 63.5 Å². The summed E-state index contributed by atoms with van der Waals surface area (Å²) in [5, 5.41) is 29.6. The summed E-state index contributed by atoms with van der Waals surface area (Å²) >= 11 is 3.73. The fourth-order valence-electron chi connectivity index (χ4n) is 3.55. The number of hydrogen-bond acceptors (Lipinski definition) is 14. The number of oxime groups is 1. The van der Waals surface area contributed by atoms with E-state index in [1.807, 2.05) is 0 Å². The summed E-state index contributed by atoms with van der Waals surface area (Å²) < 4.78 is 1.53. The lowest BCUT2D eigenvalue weighted by Gasteiger charge is -2.49. The Labute approximate surface area is 228 Å². The second-order valence-corrected chi connectivity index (χ2v) is 10.8. The fourth-order valence-corrected chi connectivity index (χ4v) is 6.47. The van der Waals surface area contributed by atoms with Crippen molar-refractivity contribution in [3.8, 4) is 0 Å². The third-order valence-corrected chi connectivity index (χ3v) is 8.35. The Morgan fingerprint density at radius 3 is 2.95 bits per heavy atom. The lowest BCUT2D eigenvalue weighted by Crippen LogP contribution is -2.71. The van der Waals surface area contributed by atoms with Crippen LogP contribution in [0.25, 0.3) is 0 Å². The first-order valence-corrected chi connectivity index (χ1v) is 14.1. The molecule has 0 aliphatic carbocycles. The highest BCUT2D eigenvalue weighted by atomic mass is 32.2. The minimum atomic E-state index is -1.23. The average Bonchev–Trinajstić information content (AvgIpc) is 3.53. The summed E-state index contributed by atoms with van der Waals surface area (Å²) in [6.07, 6.45) is 2.17. The van der Waals surface area contributed by atoms with Crippen LogP contribution in [0.5, 0.6) is 0 Å². The molecule has 0 saturated carbocycles. The van der Waals surface area contributed by atoms with Gasteiger partial charge in [-0.25, -0.2) is 14.5 Å². The summed E-state index contributed by atoms with van der Waals surface area (Å²) in [4.78, 5) is 48.7. The Bertz CT molecular complexity index is 1290. The third-order valence-electron chi connectivity index (χ3n) is 5.29. The predicted molar refractivity (Wildman–Crippen MR) is 141 cm³/mol. The maximum Gasteiger partial charge on any atom is 0.352 e. The molecule has 1 fully saturated rings. The van der Waals surface area contributed by atoms with Gasteiger partial charge < -0.3 is 26.7 Å². The van der Waals surface area contributed by atoms with E-state index in [4.69, 9.17) is 16.3 Å². The van der Waals surface area contributed by atoms with Gasteiger partial charge in [0, 0.05) is 16.9 Å². The van der Waals surface area contributed by atoms with Crippen LogP contribution in [0.2, 0.25) is 0 Å². The number of nitrogen functional groups attached to an aromatic ring is 1. The van der Waals surface area contributed by atoms with Crippen molar-refractivity contribution in [1.29, 1.82) is 0 Å². The van der Waals surface area contributed by atoms with E-state index in [2.05, 4.69) is 37.6 Å². The maximum atomic E-state index is 13.1. The van der Waals surface area contributed by atoms with Gasteiger partial charge in [-0.3, -0.25) is 14.5 Å². The second kappa shape index (κ2) is 12.4. The van der Waals surface area contributed by atoms with Gasteiger partial charge >= 0.3 is 5.97 Å². The number of nitrogens with two attached hydrogens (primary N) is 2. The molecule has 2 aromatic heterocycles. The molecule has 2 amide bonds. The van der Waals surface area contributed by atoms with Gasteiger partial charge in [0.05, 0.1) is 6.54 Å². The zero-order chi connectivity index (χ0) is 27.2. The second-order valence-electron chi connectivity index (χ2n) is 7.83. The summed E-state index contributed by atoms with van der Waals surface area (Å²) in [6.45, 7) is 4.64. The molecule has 0 radical (unpaired) electrons. The summed E-state index contributed by atoms with van der Waals surface area (Å²) in [5.41, 5.74) is 11.6. The monoisotopic (exact) mass is 580 g/mol. The van der Waals surface area contributed by atoms with E-state index >= 15 is 0 Å². The molecule has 0 spiro atoms. The summed E-state index contributed by atoms with van der Waals surface area (Å²) in [6, 6.07) is -0.957. The van der Waals surface area contributed by atoms with Gasteiger partial charge in [0.2, 0.25) is 5.16 Å². The van der Waals surface area contributed by atoms with Crippen LogP contribution in [0.1, 0.15) is 12.1 Å². The molecule has 4 heterocycles. The number of carboxylic acids is 1. The fraction of sp³-hybridized carbons (Fsp3) is 0.400. The number of aliphatic carboxylic acids is 1. The van der Waals surface area contributed by atoms with Crippen LogP contribution in [0.15, 0.2) is 39.6 Å². The molecule has 2 aromatic rings. The number of amides is 2. The van der Waals surface area contributed by atoms with Crippen molar-refractivity contribution in [2.24, 2.45) is 10.9 Å². The van der Waals surface area contributed by atoms with Crippen LogP contribution in [-0.2, 0) is 25.8 Å². The molecule has 2 aliphatic rings. The van der Waals surface area contributed by atoms with E-state index in [1.165, 1.54) is 33.1 Å². The number of tetrazole rings is 1. The molecular formula is C20H24N10O5S3. The number of nitrogens with one attached hydrogen (secondary N) is 1. The van der Waals surface area contributed by atoms with E-state index in [0.29, 0.717) is 36.0 Å². The maximum absolute atomic E-state index is 13.1. The summed E-state index contributed by atoms with van der Waals surface area (Å²) in [5.74, 6) is -1.87. The Morgan fingerprint density at radius 2 is 2.26 bits per heavy atom. The van der Waals surface area contributed by atoms with Crippen molar-refractivity contribution < 1.29 is 24.3 Å². The average molecular weight is 581 g/mol. The van der Waals surface area contributed by atoms with Crippen LogP contribution < -0.4 is 16.8 Å². The molecule has 18 heteroatoms. The Morgan fingerprint density at radius 1 is 1.45 bits per heavy atom. The third kappa shape index (κ3) is 5.82. The highest BCUT2D eigenvalue weighted by molar-refractivity contribution is 8.01. The van der Waals surface area contributed by atoms with E-state index < -0.39 is 29.2 Å². The van der Waals surface area contributed by atoms with Crippen LogP contribution >= 0.6 is 34.9 Å². The first-order valence-electron chi connectivity index (χ1n) is 11.2. The number of β-lactam (4-membered cyclic amide) rings is 1. The smallest absolute Gasteiger partial charge is 0.352 e. The van der Waals surface area contributed by atoms with E-state index in [0.717, 1.165) is 11.3 Å². The number of nitrogens with zero attached hydrogens (tertiary/aromatic N) is 7. The molecule has 2 aliphatic heterocycles. The molecular weight excluding hydrogens is 556 g/mol. The number of allylic oxidation sites excluding steroid dienone is 1. The number of rotatable bonds is 13. The lowest BCUT2D eigenvalue weighted by atomic mass is 10.0. The van der Waals surface area contributed by atoms with Crippen molar-refractivity contribution in [2.45, 2.75) is 29.5 Å². The number of carbonyl (C=O) groups excluding carboxylic acids is 2. The highest BCUT2D eigenvalue weighted by Crippen LogP contribution is 2.41. The molecule has 4 rings (SSSR count). The largest absolute Gasteiger partial charge is 0.477 e. The first kappa shape index (κ1) is 27.6. The summed E-state index contributed by atoms with van der Waals surface area (Å²) in [7, 11) is 0. The number of carboxylic acid groups (broad SMARTS) is 1. The van der Waals surface area contributed by atoms with Crippen molar-refractivity contribution in [1.82, 2.24) is 35.4 Å². The Kier molecular flexibility index (Phi) is 8.97. The van der Waals surface area contributed by atoms with E-state index in [-0.39, 0.29) is 34.6 Å². The zero-order valence-corrected chi connectivity index (χ0v) is 22.3. The number of thioether (sulfide) groups is 2. The van der Waals surface area contributed by atoms with E-state index in [1.54, 1.807) is 11.5 Å². The quantitative estimate of drug-likeness (QED) is 0.0587.